The van der Waals surface area contributed by atoms with E-state index >= 15 is 0 Å². The van der Waals surface area contributed by atoms with Crippen LogP contribution in [0.1, 0.15) is 40.7 Å². The fourth-order valence-corrected chi connectivity index (χ4v) is 5.70. The van der Waals surface area contributed by atoms with Gasteiger partial charge in [0.25, 0.3) is 5.91 Å². The van der Waals surface area contributed by atoms with E-state index in [1.807, 2.05) is 24.1 Å². The molecule has 0 bridgehead atoms. The Balaban J connectivity index is 1.27. The number of hydrogen-bond donors (Lipinski definition) is 2. The van der Waals surface area contributed by atoms with Gasteiger partial charge in [0, 0.05) is 70.3 Å². The van der Waals surface area contributed by atoms with Crippen molar-refractivity contribution in [3.8, 4) is 11.3 Å². The van der Waals surface area contributed by atoms with Gasteiger partial charge >= 0.3 is 0 Å². The van der Waals surface area contributed by atoms with Crippen LogP contribution in [0.3, 0.4) is 0 Å². The van der Waals surface area contributed by atoms with Crippen molar-refractivity contribution in [3.05, 3.63) is 93.9 Å². The predicted octanol–water partition coefficient (Wildman–Crippen LogP) is 6.19. The van der Waals surface area contributed by atoms with Crippen LogP contribution in [0.4, 0.5) is 20.4 Å². The van der Waals surface area contributed by atoms with E-state index in [0.29, 0.717) is 45.9 Å². The molecule has 1 amide bonds. The number of amides is 1. The molecule has 2 aromatic carbocycles. The summed E-state index contributed by atoms with van der Waals surface area (Å²) in [5, 5.41) is 6.90. The zero-order valence-electron chi connectivity index (χ0n) is 22.5. The molecule has 2 N–H and O–H groups in total. The minimum Gasteiger partial charge on any atom is -0.337 e. The van der Waals surface area contributed by atoms with Gasteiger partial charge in [0.15, 0.2) is 0 Å². The van der Waals surface area contributed by atoms with Crippen LogP contribution in [-0.4, -0.2) is 58.8 Å². The molecule has 0 radical (unpaired) electrons. The molecule has 0 saturated carbocycles. The van der Waals surface area contributed by atoms with Crippen molar-refractivity contribution in [2.75, 3.05) is 25.5 Å². The molecule has 3 aliphatic rings. The van der Waals surface area contributed by atoms with Crippen molar-refractivity contribution < 1.29 is 13.6 Å². The number of nitrogens with zero attached hydrogens (tertiary/aromatic N) is 4. The van der Waals surface area contributed by atoms with E-state index in [1.54, 1.807) is 36.5 Å². The summed E-state index contributed by atoms with van der Waals surface area (Å²) in [4.78, 5) is 28.8. The Morgan fingerprint density at radius 1 is 1.15 bits per heavy atom. The Bertz CT molecular complexity index is 1590. The van der Waals surface area contributed by atoms with Crippen molar-refractivity contribution in [1.29, 1.82) is 0 Å². The highest BCUT2D eigenvalue weighted by Crippen LogP contribution is 2.37. The number of likely N-dealkylation sites (N-methyl/N-ethyl adjacent to an activating group) is 1. The highest BCUT2D eigenvalue weighted by atomic mass is 35.5. The van der Waals surface area contributed by atoms with Crippen molar-refractivity contribution >= 4 is 34.9 Å². The number of nitrogens with one attached hydrogen (secondary N) is 2. The maximum Gasteiger partial charge on any atom is 0.253 e. The monoisotopic (exact) mass is 574 g/mol. The largest absolute Gasteiger partial charge is 0.337 e. The maximum atomic E-state index is 14.9. The summed E-state index contributed by atoms with van der Waals surface area (Å²) in [6, 6.07) is 12.7. The summed E-state index contributed by atoms with van der Waals surface area (Å²) in [6.45, 7) is 1.61. The van der Waals surface area contributed by atoms with Crippen LogP contribution in [-0.2, 0) is 6.54 Å². The third kappa shape index (κ3) is 5.52. The Kier molecular flexibility index (Phi) is 7.64. The summed E-state index contributed by atoms with van der Waals surface area (Å²) < 4.78 is 29.8. The average molecular weight is 575 g/mol. The summed E-state index contributed by atoms with van der Waals surface area (Å²) in [6.07, 6.45) is 5.04. The number of carbonyl (C=O) groups excluding carboxylic acids is 1. The second kappa shape index (κ2) is 11.5. The minimum atomic E-state index is -1.51. The van der Waals surface area contributed by atoms with Crippen molar-refractivity contribution in [2.45, 2.75) is 38.0 Å². The summed E-state index contributed by atoms with van der Waals surface area (Å²) in [5.74, 6) is -0.286. The fourth-order valence-electron chi connectivity index (χ4n) is 5.53. The molecule has 0 spiro atoms. The molecule has 3 aromatic rings. The van der Waals surface area contributed by atoms with Gasteiger partial charge in [-0.2, -0.15) is 0 Å². The normalized spacial score (nSPS) is 20.2. The van der Waals surface area contributed by atoms with Crippen LogP contribution < -0.4 is 10.6 Å². The van der Waals surface area contributed by atoms with Gasteiger partial charge in [0.05, 0.1) is 18.0 Å². The number of halogens is 3. The van der Waals surface area contributed by atoms with Gasteiger partial charge < -0.3 is 15.5 Å². The molecular formula is C31H29ClF2N6O. The number of alkyl halides is 1. The summed E-state index contributed by atoms with van der Waals surface area (Å²) in [5.41, 5.74) is 4.01. The van der Waals surface area contributed by atoms with Crippen LogP contribution in [0, 0.1) is 0 Å². The number of aliphatic imine (C=N–C) groups is 1. The smallest absolute Gasteiger partial charge is 0.253 e. The molecule has 1 aliphatic carbocycles. The van der Waals surface area contributed by atoms with E-state index < -0.39 is 12.0 Å². The van der Waals surface area contributed by atoms with E-state index in [9.17, 15) is 13.6 Å². The maximum absolute atomic E-state index is 14.9. The molecule has 1 saturated heterocycles. The lowest BCUT2D eigenvalue weighted by Gasteiger charge is -2.32. The first kappa shape index (κ1) is 27.2. The first-order valence-corrected chi connectivity index (χ1v) is 14.0. The van der Waals surface area contributed by atoms with Gasteiger partial charge in [0.1, 0.15) is 12.0 Å². The molecule has 7 nitrogen and oxygen atoms in total. The third-order valence-electron chi connectivity index (χ3n) is 7.70. The molecule has 6 rings (SSSR count). The lowest BCUT2D eigenvalue weighted by atomic mass is 9.90. The molecule has 210 valence electrons. The number of carbonyl (C=O) groups is 1. The van der Waals surface area contributed by atoms with Gasteiger partial charge in [-0.15, -0.1) is 0 Å². The summed E-state index contributed by atoms with van der Waals surface area (Å²) in [7, 11) is 1.93. The number of fused-ring (bicyclic) bond motifs is 3. The van der Waals surface area contributed by atoms with Crippen molar-refractivity contribution in [1.82, 2.24) is 20.2 Å². The Labute approximate surface area is 242 Å². The Hall–Kier alpha value is -3.95. The number of hydrogen-bond acceptors (Lipinski definition) is 6. The average Bonchev–Trinajstić information content (AvgIpc) is 3.13. The van der Waals surface area contributed by atoms with Crippen molar-refractivity contribution in [3.63, 3.8) is 0 Å². The SMILES string of the molecule is CNC1CCCN(C(=O)c2ccc(Nc3ncc4c(n3)-c3ccc(Cl)cc3C(C3=C(F)C=CCC3F)=NC4)cc2)C1. The molecule has 3 heterocycles. The molecule has 1 aromatic heterocycles. The molecule has 2 atom stereocenters. The highest BCUT2D eigenvalue weighted by molar-refractivity contribution is 6.31. The lowest BCUT2D eigenvalue weighted by Crippen LogP contribution is -2.46. The van der Waals surface area contributed by atoms with E-state index in [4.69, 9.17) is 16.6 Å². The van der Waals surface area contributed by atoms with E-state index in [-0.39, 0.29) is 30.2 Å². The fraction of sp³-hybridized carbons (Fsp3) is 0.290. The summed E-state index contributed by atoms with van der Waals surface area (Å²) >= 11 is 6.32. The van der Waals surface area contributed by atoms with Crippen LogP contribution in [0.15, 0.2) is 77.2 Å². The Morgan fingerprint density at radius 2 is 1.98 bits per heavy atom. The molecule has 10 heteroatoms. The number of allylic oxidation sites excluding steroid dienone is 4. The minimum absolute atomic E-state index is 0.0133. The number of rotatable bonds is 5. The van der Waals surface area contributed by atoms with E-state index in [1.165, 1.54) is 12.2 Å². The molecule has 2 unspecified atom stereocenters. The van der Waals surface area contributed by atoms with E-state index in [2.05, 4.69) is 20.6 Å². The third-order valence-corrected chi connectivity index (χ3v) is 7.94. The van der Waals surface area contributed by atoms with Gasteiger partial charge in [-0.3, -0.25) is 9.79 Å². The van der Waals surface area contributed by atoms with Crippen LogP contribution in [0.2, 0.25) is 5.02 Å². The lowest BCUT2D eigenvalue weighted by molar-refractivity contribution is 0.0698. The number of piperidine rings is 1. The van der Waals surface area contributed by atoms with Gasteiger partial charge in [0.2, 0.25) is 5.95 Å². The molecule has 2 aliphatic heterocycles. The zero-order valence-corrected chi connectivity index (χ0v) is 23.3. The van der Waals surface area contributed by atoms with Gasteiger partial charge in [-0.1, -0.05) is 23.7 Å². The first-order valence-electron chi connectivity index (χ1n) is 13.7. The number of likely N-dealkylation sites (tertiary alicyclic amines) is 1. The van der Waals surface area contributed by atoms with Crippen LogP contribution >= 0.6 is 11.6 Å². The van der Waals surface area contributed by atoms with Crippen molar-refractivity contribution in [2.24, 2.45) is 4.99 Å². The first-order chi connectivity index (χ1) is 19.9. The standard InChI is InChI=1S/C31H29ClF2N6O/c1-35-22-4-3-13-40(17-22)30(41)18-7-10-21(11-8-18)38-31-37-16-19-15-36-29(27-25(33)5-2-6-26(27)34)24-14-20(32)9-12-23(24)28(19)39-31/h2,5,7-12,14,16,22,26,35H,3-4,6,13,15,17H2,1H3,(H,37,38,39). The van der Waals surface area contributed by atoms with Crippen LogP contribution in [0.25, 0.3) is 11.3 Å². The predicted molar refractivity (Wildman–Crippen MR) is 157 cm³/mol. The second-order valence-electron chi connectivity index (χ2n) is 10.4. The number of aromatic nitrogens is 2. The number of benzene rings is 2. The zero-order chi connectivity index (χ0) is 28.5. The molecule has 41 heavy (non-hydrogen) atoms. The topological polar surface area (TPSA) is 82.5 Å². The number of anilines is 2. The molecule has 1 fully saturated rings. The van der Waals surface area contributed by atoms with Gasteiger partial charge in [-0.05, 0) is 62.4 Å². The second-order valence-corrected chi connectivity index (χ2v) is 10.8. The Morgan fingerprint density at radius 3 is 2.76 bits per heavy atom. The van der Waals surface area contributed by atoms with Gasteiger partial charge in [-0.25, -0.2) is 18.7 Å². The van der Waals surface area contributed by atoms with E-state index in [0.717, 1.165) is 30.6 Å². The quantitative estimate of drug-likeness (QED) is 0.380. The molecular weight excluding hydrogens is 546 g/mol. The van der Waals surface area contributed by atoms with Crippen LogP contribution in [0.5, 0.6) is 0 Å². The highest BCUT2D eigenvalue weighted by Gasteiger charge is 2.30.